The molecule has 0 radical (unpaired) electrons. The van der Waals surface area contributed by atoms with Crippen molar-refractivity contribution < 1.29 is 32.5 Å². The number of hydrogen-bond donors (Lipinski definition) is 1. The Hall–Kier alpha value is -1.96. The first-order chi connectivity index (χ1) is 10.6. The molecule has 1 amide bonds. The van der Waals surface area contributed by atoms with Gasteiger partial charge in [0, 0.05) is 0 Å². The molecule has 1 atom stereocenters. The van der Waals surface area contributed by atoms with Crippen molar-refractivity contribution in [2.75, 3.05) is 13.2 Å². The number of carboxylic acid groups (broad SMARTS) is 1. The van der Waals surface area contributed by atoms with Crippen LogP contribution < -0.4 is 4.74 Å². The van der Waals surface area contributed by atoms with Gasteiger partial charge in [-0.3, -0.25) is 4.90 Å². The summed E-state index contributed by atoms with van der Waals surface area (Å²) in [5, 5.41) is 9.31. The second-order valence-corrected chi connectivity index (χ2v) is 5.82. The minimum atomic E-state index is -4.38. The largest absolute Gasteiger partial charge is 0.484 e. The molecule has 0 aliphatic carbocycles. The van der Waals surface area contributed by atoms with E-state index in [1.807, 2.05) is 0 Å². The standard InChI is InChI=1S/C15H18F3NO4/c1-14(2)19(13(20)21)11(8-23-14)7-10-3-5-12(6-4-10)22-9-15(16,17)18/h3-6,11H,7-9H2,1-2H3,(H,20,21). The predicted molar refractivity (Wildman–Crippen MR) is 75.4 cm³/mol. The van der Waals surface area contributed by atoms with Gasteiger partial charge < -0.3 is 14.6 Å². The van der Waals surface area contributed by atoms with E-state index in [2.05, 4.69) is 4.74 Å². The fourth-order valence-corrected chi connectivity index (χ4v) is 2.58. The highest BCUT2D eigenvalue weighted by atomic mass is 19.4. The van der Waals surface area contributed by atoms with Gasteiger partial charge in [-0.25, -0.2) is 4.79 Å². The lowest BCUT2D eigenvalue weighted by atomic mass is 10.0. The zero-order chi connectivity index (χ0) is 17.3. The van der Waals surface area contributed by atoms with E-state index in [4.69, 9.17) is 4.74 Å². The Kier molecular flexibility index (Phi) is 4.74. The molecule has 0 spiro atoms. The third-order valence-corrected chi connectivity index (χ3v) is 3.58. The fraction of sp³-hybridized carbons (Fsp3) is 0.533. The summed E-state index contributed by atoms with van der Waals surface area (Å²) >= 11 is 0. The van der Waals surface area contributed by atoms with Gasteiger partial charge in [0.15, 0.2) is 6.61 Å². The first-order valence-electron chi connectivity index (χ1n) is 7.03. The first kappa shape index (κ1) is 17.4. The number of amides is 1. The average molecular weight is 333 g/mol. The monoisotopic (exact) mass is 333 g/mol. The molecule has 1 aliphatic rings. The SMILES string of the molecule is CC1(C)OCC(Cc2ccc(OCC(F)(F)F)cc2)N1C(=O)O. The molecular weight excluding hydrogens is 315 g/mol. The van der Waals surface area contributed by atoms with Crippen molar-refractivity contribution in [3.8, 4) is 5.75 Å². The number of rotatable bonds is 4. The summed E-state index contributed by atoms with van der Waals surface area (Å²) in [7, 11) is 0. The summed E-state index contributed by atoms with van der Waals surface area (Å²) < 4.78 is 46.4. The number of alkyl halides is 3. The van der Waals surface area contributed by atoms with Gasteiger partial charge in [-0.05, 0) is 38.0 Å². The summed E-state index contributed by atoms with van der Waals surface area (Å²) in [6, 6.07) is 5.78. The molecule has 23 heavy (non-hydrogen) atoms. The highest BCUT2D eigenvalue weighted by Gasteiger charge is 2.43. The minimum Gasteiger partial charge on any atom is -0.484 e. The molecule has 1 saturated heterocycles. The summed E-state index contributed by atoms with van der Waals surface area (Å²) in [4.78, 5) is 12.6. The summed E-state index contributed by atoms with van der Waals surface area (Å²) in [5.74, 6) is 0.115. The Morgan fingerprint density at radius 3 is 2.52 bits per heavy atom. The smallest absolute Gasteiger partial charge is 0.422 e. The lowest BCUT2D eigenvalue weighted by molar-refractivity contribution is -0.153. The van der Waals surface area contributed by atoms with E-state index in [0.717, 1.165) is 5.56 Å². The van der Waals surface area contributed by atoms with Crippen molar-refractivity contribution in [1.82, 2.24) is 4.90 Å². The van der Waals surface area contributed by atoms with Gasteiger partial charge in [0.05, 0.1) is 12.6 Å². The maximum absolute atomic E-state index is 12.1. The Bertz CT molecular complexity index is 557. The van der Waals surface area contributed by atoms with Crippen LogP contribution in [0.2, 0.25) is 0 Å². The zero-order valence-electron chi connectivity index (χ0n) is 12.8. The highest BCUT2D eigenvalue weighted by Crippen LogP contribution is 2.29. The van der Waals surface area contributed by atoms with E-state index in [1.165, 1.54) is 17.0 Å². The Morgan fingerprint density at radius 2 is 2.00 bits per heavy atom. The van der Waals surface area contributed by atoms with Crippen LogP contribution in [0.3, 0.4) is 0 Å². The van der Waals surface area contributed by atoms with Crippen LogP contribution in [-0.4, -0.2) is 47.3 Å². The van der Waals surface area contributed by atoms with Gasteiger partial charge in [-0.2, -0.15) is 13.2 Å². The quantitative estimate of drug-likeness (QED) is 0.919. The van der Waals surface area contributed by atoms with Gasteiger partial charge in [0.2, 0.25) is 0 Å². The van der Waals surface area contributed by atoms with E-state index in [1.54, 1.807) is 26.0 Å². The van der Waals surface area contributed by atoms with Gasteiger partial charge in [0.25, 0.3) is 0 Å². The molecule has 0 bridgehead atoms. The van der Waals surface area contributed by atoms with Crippen LogP contribution in [0.5, 0.6) is 5.75 Å². The van der Waals surface area contributed by atoms with Gasteiger partial charge in [-0.1, -0.05) is 12.1 Å². The van der Waals surface area contributed by atoms with Crippen LogP contribution in [0.15, 0.2) is 24.3 Å². The van der Waals surface area contributed by atoms with Gasteiger partial charge in [0.1, 0.15) is 11.5 Å². The first-order valence-corrected chi connectivity index (χ1v) is 7.03. The van der Waals surface area contributed by atoms with Crippen LogP contribution in [0.1, 0.15) is 19.4 Å². The molecule has 1 aromatic rings. The van der Waals surface area contributed by atoms with Gasteiger partial charge >= 0.3 is 12.3 Å². The lowest BCUT2D eigenvalue weighted by Crippen LogP contribution is -2.47. The molecule has 1 fully saturated rings. The number of hydrogen-bond acceptors (Lipinski definition) is 3. The van der Waals surface area contributed by atoms with E-state index < -0.39 is 24.6 Å². The van der Waals surface area contributed by atoms with Crippen molar-refractivity contribution >= 4 is 6.09 Å². The molecule has 1 aliphatic heterocycles. The number of halogens is 3. The number of ether oxygens (including phenoxy) is 2. The van der Waals surface area contributed by atoms with Crippen molar-refractivity contribution in [1.29, 1.82) is 0 Å². The van der Waals surface area contributed by atoms with Gasteiger partial charge in [-0.15, -0.1) is 0 Å². The van der Waals surface area contributed by atoms with Crippen LogP contribution in [-0.2, 0) is 11.2 Å². The van der Waals surface area contributed by atoms with Crippen LogP contribution in [0, 0.1) is 0 Å². The van der Waals surface area contributed by atoms with Crippen molar-refractivity contribution in [3.05, 3.63) is 29.8 Å². The molecule has 1 N–H and O–H groups in total. The van der Waals surface area contributed by atoms with Crippen LogP contribution in [0.4, 0.5) is 18.0 Å². The van der Waals surface area contributed by atoms with Crippen molar-refractivity contribution in [3.63, 3.8) is 0 Å². The molecule has 5 nitrogen and oxygen atoms in total. The Balaban J connectivity index is 1.99. The molecule has 1 aromatic carbocycles. The Labute approximate surface area is 131 Å². The second kappa shape index (κ2) is 6.27. The Morgan fingerprint density at radius 1 is 1.39 bits per heavy atom. The van der Waals surface area contributed by atoms with E-state index in [0.29, 0.717) is 6.42 Å². The fourth-order valence-electron chi connectivity index (χ4n) is 2.58. The van der Waals surface area contributed by atoms with E-state index >= 15 is 0 Å². The second-order valence-electron chi connectivity index (χ2n) is 5.82. The molecule has 128 valence electrons. The molecular formula is C15H18F3NO4. The minimum absolute atomic E-state index is 0.115. The summed E-state index contributed by atoms with van der Waals surface area (Å²) in [6.07, 6.45) is -5.04. The molecule has 1 heterocycles. The number of nitrogens with zero attached hydrogens (tertiary/aromatic N) is 1. The maximum Gasteiger partial charge on any atom is 0.422 e. The predicted octanol–water partition coefficient (Wildman–Crippen LogP) is 3.29. The molecule has 0 saturated carbocycles. The van der Waals surface area contributed by atoms with E-state index in [-0.39, 0.29) is 18.4 Å². The average Bonchev–Trinajstić information content (AvgIpc) is 2.72. The maximum atomic E-state index is 12.1. The molecule has 2 rings (SSSR count). The van der Waals surface area contributed by atoms with Crippen molar-refractivity contribution in [2.45, 2.75) is 38.2 Å². The molecule has 1 unspecified atom stereocenters. The topological polar surface area (TPSA) is 59.0 Å². The molecule has 0 aromatic heterocycles. The zero-order valence-corrected chi connectivity index (χ0v) is 12.8. The van der Waals surface area contributed by atoms with E-state index in [9.17, 15) is 23.1 Å². The highest BCUT2D eigenvalue weighted by molar-refractivity contribution is 5.66. The van der Waals surface area contributed by atoms with Crippen LogP contribution >= 0.6 is 0 Å². The number of benzene rings is 1. The molecule has 8 heteroatoms. The summed E-state index contributed by atoms with van der Waals surface area (Å²) in [6.45, 7) is 2.28. The van der Waals surface area contributed by atoms with Crippen LogP contribution in [0.25, 0.3) is 0 Å². The normalized spacial score (nSPS) is 20.6. The van der Waals surface area contributed by atoms with Crippen molar-refractivity contribution in [2.24, 2.45) is 0 Å². The summed E-state index contributed by atoms with van der Waals surface area (Å²) in [5.41, 5.74) is -0.103. The lowest BCUT2D eigenvalue weighted by Gasteiger charge is -2.31. The third-order valence-electron chi connectivity index (χ3n) is 3.58. The third kappa shape index (κ3) is 4.51. The number of carbonyl (C=O) groups is 1.